The van der Waals surface area contributed by atoms with Gasteiger partial charge in [0.15, 0.2) is 0 Å². The SMILES string of the molecule is c1ncc2c(n1)OCNC2. The minimum atomic E-state index is 0.546. The van der Waals surface area contributed by atoms with Crippen LogP contribution in [0.2, 0.25) is 0 Å². The van der Waals surface area contributed by atoms with Crippen LogP contribution in [-0.2, 0) is 6.54 Å². The maximum Gasteiger partial charge on any atom is 0.222 e. The Morgan fingerprint density at radius 3 is 3.50 bits per heavy atom. The van der Waals surface area contributed by atoms with E-state index in [2.05, 4.69) is 15.3 Å². The topological polar surface area (TPSA) is 47.0 Å². The quantitative estimate of drug-likeness (QED) is 0.543. The van der Waals surface area contributed by atoms with E-state index in [1.165, 1.54) is 6.33 Å². The molecule has 0 fully saturated rings. The lowest BCUT2D eigenvalue weighted by Crippen LogP contribution is -2.25. The maximum atomic E-state index is 5.16. The highest BCUT2D eigenvalue weighted by molar-refractivity contribution is 5.22. The Kier molecular flexibility index (Phi) is 1.25. The van der Waals surface area contributed by atoms with E-state index < -0.39 is 0 Å². The fourth-order valence-corrected chi connectivity index (χ4v) is 0.904. The van der Waals surface area contributed by atoms with E-state index in [9.17, 15) is 0 Å². The molecule has 10 heavy (non-hydrogen) atoms. The number of rotatable bonds is 0. The normalized spacial score (nSPS) is 15.6. The van der Waals surface area contributed by atoms with Gasteiger partial charge in [-0.3, -0.25) is 5.32 Å². The zero-order valence-electron chi connectivity index (χ0n) is 5.37. The highest BCUT2D eigenvalue weighted by atomic mass is 16.5. The molecular weight excluding hydrogens is 130 g/mol. The number of nitrogens with one attached hydrogen (secondary N) is 1. The lowest BCUT2D eigenvalue weighted by Gasteiger charge is -2.15. The van der Waals surface area contributed by atoms with Gasteiger partial charge in [-0.25, -0.2) is 9.97 Å². The van der Waals surface area contributed by atoms with Crippen LogP contribution in [0.15, 0.2) is 12.5 Å². The summed E-state index contributed by atoms with van der Waals surface area (Å²) < 4.78 is 5.16. The first kappa shape index (κ1) is 5.61. The van der Waals surface area contributed by atoms with Crippen LogP contribution in [-0.4, -0.2) is 16.7 Å². The molecule has 1 aromatic heterocycles. The van der Waals surface area contributed by atoms with Crippen LogP contribution in [0.25, 0.3) is 0 Å². The van der Waals surface area contributed by atoms with Gasteiger partial charge in [-0.05, 0) is 0 Å². The van der Waals surface area contributed by atoms with Gasteiger partial charge in [0.2, 0.25) is 5.88 Å². The number of hydrogen-bond acceptors (Lipinski definition) is 4. The molecular formula is C6H7N3O. The van der Waals surface area contributed by atoms with Crippen molar-refractivity contribution in [1.29, 1.82) is 0 Å². The predicted molar refractivity (Wildman–Crippen MR) is 34.4 cm³/mol. The Morgan fingerprint density at radius 2 is 2.60 bits per heavy atom. The van der Waals surface area contributed by atoms with Crippen molar-refractivity contribution in [2.45, 2.75) is 6.54 Å². The summed E-state index contributed by atoms with van der Waals surface area (Å²) in [6, 6.07) is 0. The van der Waals surface area contributed by atoms with E-state index in [4.69, 9.17) is 4.74 Å². The van der Waals surface area contributed by atoms with E-state index in [0.717, 1.165) is 12.1 Å². The summed E-state index contributed by atoms with van der Waals surface area (Å²) >= 11 is 0. The molecule has 2 rings (SSSR count). The molecule has 1 aliphatic heterocycles. The van der Waals surface area contributed by atoms with Gasteiger partial charge < -0.3 is 4.74 Å². The summed E-state index contributed by atoms with van der Waals surface area (Å²) in [5.41, 5.74) is 1.02. The monoisotopic (exact) mass is 137 g/mol. The summed E-state index contributed by atoms with van der Waals surface area (Å²) in [5.74, 6) is 0.703. The van der Waals surface area contributed by atoms with Gasteiger partial charge in [0.1, 0.15) is 13.1 Å². The van der Waals surface area contributed by atoms with Crippen LogP contribution in [0.1, 0.15) is 5.56 Å². The third-order valence-corrected chi connectivity index (χ3v) is 1.37. The molecule has 0 bridgehead atoms. The van der Waals surface area contributed by atoms with Crippen molar-refractivity contribution in [1.82, 2.24) is 15.3 Å². The first-order valence-corrected chi connectivity index (χ1v) is 3.09. The van der Waals surface area contributed by atoms with Gasteiger partial charge in [0, 0.05) is 18.3 Å². The van der Waals surface area contributed by atoms with E-state index in [-0.39, 0.29) is 0 Å². The van der Waals surface area contributed by atoms with Gasteiger partial charge in [-0.2, -0.15) is 0 Å². The molecule has 0 unspecified atom stereocenters. The number of hydrogen-bond donors (Lipinski definition) is 1. The average Bonchev–Trinajstić information content (AvgIpc) is 2.05. The Hall–Kier alpha value is -1.16. The summed E-state index contributed by atoms with van der Waals surface area (Å²) in [6.07, 6.45) is 3.25. The zero-order valence-corrected chi connectivity index (χ0v) is 5.37. The predicted octanol–water partition coefficient (Wildman–Crippen LogP) is -0.0839. The number of aromatic nitrogens is 2. The van der Waals surface area contributed by atoms with Crippen molar-refractivity contribution < 1.29 is 4.74 Å². The molecule has 0 radical (unpaired) electrons. The fourth-order valence-electron chi connectivity index (χ4n) is 0.904. The standard InChI is InChI=1S/C6H7N3O/c1-5-2-8-4-10-6(5)9-3-7-1/h1,3,8H,2,4H2. The van der Waals surface area contributed by atoms with Crippen LogP contribution in [0.3, 0.4) is 0 Å². The minimum Gasteiger partial charge on any atom is -0.461 e. The van der Waals surface area contributed by atoms with Gasteiger partial charge in [-0.15, -0.1) is 0 Å². The molecule has 0 aliphatic carbocycles. The second-order valence-corrected chi connectivity index (χ2v) is 2.07. The highest BCUT2D eigenvalue weighted by Crippen LogP contribution is 2.14. The lowest BCUT2D eigenvalue weighted by atomic mass is 10.3. The summed E-state index contributed by atoms with van der Waals surface area (Å²) in [7, 11) is 0. The van der Waals surface area contributed by atoms with Gasteiger partial charge in [-0.1, -0.05) is 0 Å². The van der Waals surface area contributed by atoms with Crippen molar-refractivity contribution in [2.75, 3.05) is 6.73 Å². The van der Waals surface area contributed by atoms with E-state index in [0.29, 0.717) is 12.6 Å². The van der Waals surface area contributed by atoms with Gasteiger partial charge in [0.05, 0.1) is 0 Å². The molecule has 4 nitrogen and oxygen atoms in total. The Balaban J connectivity index is 2.41. The molecule has 0 aromatic carbocycles. The first-order chi connectivity index (χ1) is 4.97. The molecule has 0 saturated heterocycles. The van der Waals surface area contributed by atoms with Crippen LogP contribution in [0, 0.1) is 0 Å². The molecule has 52 valence electrons. The molecule has 4 heteroatoms. The third kappa shape index (κ3) is 0.823. The molecule has 0 amide bonds. The summed E-state index contributed by atoms with van der Waals surface area (Å²) in [6.45, 7) is 1.35. The fraction of sp³-hybridized carbons (Fsp3) is 0.333. The number of nitrogens with zero attached hydrogens (tertiary/aromatic N) is 2. The van der Waals surface area contributed by atoms with Gasteiger partial charge in [0.25, 0.3) is 0 Å². The van der Waals surface area contributed by atoms with E-state index >= 15 is 0 Å². The maximum absolute atomic E-state index is 5.16. The molecule has 0 atom stereocenters. The first-order valence-electron chi connectivity index (χ1n) is 3.09. The van der Waals surface area contributed by atoms with Crippen molar-refractivity contribution in [2.24, 2.45) is 0 Å². The van der Waals surface area contributed by atoms with Crippen molar-refractivity contribution in [3.05, 3.63) is 18.1 Å². The smallest absolute Gasteiger partial charge is 0.222 e. The average molecular weight is 137 g/mol. The molecule has 0 spiro atoms. The lowest BCUT2D eigenvalue weighted by molar-refractivity contribution is 0.245. The summed E-state index contributed by atoms with van der Waals surface area (Å²) in [4.78, 5) is 7.81. The Bertz CT molecular complexity index is 213. The molecule has 1 aromatic rings. The van der Waals surface area contributed by atoms with E-state index in [1.807, 2.05) is 0 Å². The largest absolute Gasteiger partial charge is 0.461 e. The minimum absolute atomic E-state index is 0.546. The Labute approximate surface area is 58.3 Å². The van der Waals surface area contributed by atoms with Crippen LogP contribution in [0.5, 0.6) is 5.88 Å². The van der Waals surface area contributed by atoms with Crippen molar-refractivity contribution >= 4 is 0 Å². The van der Waals surface area contributed by atoms with Crippen LogP contribution in [0.4, 0.5) is 0 Å². The third-order valence-electron chi connectivity index (χ3n) is 1.37. The van der Waals surface area contributed by atoms with Gasteiger partial charge >= 0.3 is 0 Å². The summed E-state index contributed by atoms with van der Waals surface area (Å²) in [5, 5.41) is 3.04. The second kappa shape index (κ2) is 2.22. The van der Waals surface area contributed by atoms with Crippen molar-refractivity contribution in [3.8, 4) is 5.88 Å². The highest BCUT2D eigenvalue weighted by Gasteiger charge is 2.08. The molecule has 0 saturated carbocycles. The van der Waals surface area contributed by atoms with E-state index in [1.54, 1.807) is 6.20 Å². The number of fused-ring (bicyclic) bond motifs is 1. The molecule has 1 N–H and O–H groups in total. The molecule has 2 heterocycles. The van der Waals surface area contributed by atoms with Crippen LogP contribution < -0.4 is 10.1 Å². The second-order valence-electron chi connectivity index (χ2n) is 2.07. The number of ether oxygens (including phenoxy) is 1. The Morgan fingerprint density at radius 1 is 1.60 bits per heavy atom. The van der Waals surface area contributed by atoms with Crippen LogP contribution >= 0.6 is 0 Å². The zero-order chi connectivity index (χ0) is 6.81. The van der Waals surface area contributed by atoms with Crippen molar-refractivity contribution in [3.63, 3.8) is 0 Å². The molecule has 1 aliphatic rings.